The van der Waals surface area contributed by atoms with Gasteiger partial charge in [-0.25, -0.2) is 4.98 Å². The largest absolute Gasteiger partial charge is 0.323 e. The van der Waals surface area contributed by atoms with Gasteiger partial charge in [0.05, 0.1) is 11.4 Å². The van der Waals surface area contributed by atoms with Gasteiger partial charge in [0.15, 0.2) is 16.1 Å². The highest BCUT2D eigenvalue weighted by Crippen LogP contribution is 2.23. The van der Waals surface area contributed by atoms with E-state index in [0.29, 0.717) is 10.8 Å². The van der Waals surface area contributed by atoms with E-state index in [0.717, 1.165) is 11.4 Å². The summed E-state index contributed by atoms with van der Waals surface area (Å²) in [6.45, 7) is 0. The van der Waals surface area contributed by atoms with Crippen LogP contribution in [0.15, 0.2) is 48.0 Å². The molecule has 0 atom stereocenters. The molecule has 0 bridgehead atoms. The van der Waals surface area contributed by atoms with E-state index in [1.54, 1.807) is 30.7 Å². The zero-order chi connectivity index (χ0) is 16.9. The molecule has 3 aromatic heterocycles. The van der Waals surface area contributed by atoms with Crippen LogP contribution in [0, 0.1) is 0 Å². The summed E-state index contributed by atoms with van der Waals surface area (Å²) in [6.07, 6.45) is 4.96. The third-order valence-corrected chi connectivity index (χ3v) is 4.46. The molecule has 7 nitrogen and oxygen atoms in total. The second-order valence-corrected chi connectivity index (χ2v) is 6.08. The second kappa shape index (κ2) is 7.41. The van der Waals surface area contributed by atoms with E-state index >= 15 is 0 Å². The topological polar surface area (TPSA) is 85.6 Å². The molecular formula is C15H13ClN6OS. The highest BCUT2D eigenvalue weighted by molar-refractivity contribution is 7.99. The van der Waals surface area contributed by atoms with Gasteiger partial charge in [0.1, 0.15) is 0 Å². The van der Waals surface area contributed by atoms with Crippen LogP contribution in [0.1, 0.15) is 0 Å². The molecular weight excluding hydrogens is 348 g/mol. The Morgan fingerprint density at radius 3 is 2.79 bits per heavy atom. The first-order valence-electron chi connectivity index (χ1n) is 6.98. The molecule has 1 amide bonds. The van der Waals surface area contributed by atoms with Crippen LogP contribution in [0.2, 0.25) is 5.15 Å². The number of anilines is 1. The van der Waals surface area contributed by atoms with E-state index < -0.39 is 0 Å². The third-order valence-electron chi connectivity index (χ3n) is 3.14. The molecule has 0 fully saturated rings. The number of hydrogen-bond acceptors (Lipinski definition) is 6. The first-order valence-corrected chi connectivity index (χ1v) is 8.34. The number of nitrogens with zero attached hydrogens (tertiary/aromatic N) is 5. The molecule has 0 aliphatic carbocycles. The number of carbonyl (C=O) groups is 1. The van der Waals surface area contributed by atoms with Crippen LogP contribution in [0.5, 0.6) is 0 Å². The van der Waals surface area contributed by atoms with Gasteiger partial charge in [-0.2, -0.15) is 0 Å². The Bertz CT molecular complexity index is 854. The van der Waals surface area contributed by atoms with E-state index in [1.807, 2.05) is 23.7 Å². The maximum Gasteiger partial charge on any atom is 0.234 e. The van der Waals surface area contributed by atoms with Crippen molar-refractivity contribution in [1.29, 1.82) is 0 Å². The van der Waals surface area contributed by atoms with Gasteiger partial charge in [0.2, 0.25) is 5.91 Å². The Morgan fingerprint density at radius 1 is 1.25 bits per heavy atom. The van der Waals surface area contributed by atoms with Gasteiger partial charge in [-0.15, -0.1) is 10.2 Å². The summed E-state index contributed by atoms with van der Waals surface area (Å²) in [5, 5.41) is 11.9. The van der Waals surface area contributed by atoms with Crippen molar-refractivity contribution in [2.75, 3.05) is 11.1 Å². The summed E-state index contributed by atoms with van der Waals surface area (Å²) in [5.41, 5.74) is 1.40. The molecule has 24 heavy (non-hydrogen) atoms. The number of rotatable bonds is 5. The first kappa shape index (κ1) is 16.4. The summed E-state index contributed by atoms with van der Waals surface area (Å²) in [4.78, 5) is 19.9. The van der Waals surface area contributed by atoms with Crippen LogP contribution in [0.25, 0.3) is 11.4 Å². The molecule has 1 N–H and O–H groups in total. The van der Waals surface area contributed by atoms with Crippen molar-refractivity contribution < 1.29 is 4.79 Å². The second-order valence-electron chi connectivity index (χ2n) is 4.78. The number of thioether (sulfide) groups is 1. The SMILES string of the molecule is Cn1c(SCC(=O)Nc2cccnc2Cl)nnc1-c1ccncc1. The molecule has 0 unspecified atom stereocenters. The van der Waals surface area contributed by atoms with Crippen LogP contribution < -0.4 is 5.32 Å². The lowest BCUT2D eigenvalue weighted by atomic mass is 10.2. The third kappa shape index (κ3) is 3.72. The molecule has 3 heterocycles. The maximum absolute atomic E-state index is 12.0. The minimum Gasteiger partial charge on any atom is -0.323 e. The lowest BCUT2D eigenvalue weighted by Crippen LogP contribution is -2.15. The fraction of sp³-hybridized carbons (Fsp3) is 0.133. The average Bonchev–Trinajstić information content (AvgIpc) is 2.97. The maximum atomic E-state index is 12.0. The summed E-state index contributed by atoms with van der Waals surface area (Å²) in [7, 11) is 1.86. The molecule has 0 radical (unpaired) electrons. The van der Waals surface area contributed by atoms with Crippen LogP contribution in [0.3, 0.4) is 0 Å². The molecule has 0 aliphatic rings. The predicted molar refractivity (Wildman–Crippen MR) is 92.8 cm³/mol. The summed E-state index contributed by atoms with van der Waals surface area (Å²) in [5.74, 6) is 0.715. The van der Waals surface area contributed by atoms with E-state index in [4.69, 9.17) is 11.6 Å². The van der Waals surface area contributed by atoms with Gasteiger partial charge >= 0.3 is 0 Å². The van der Waals surface area contributed by atoms with Gasteiger partial charge < -0.3 is 9.88 Å². The molecule has 0 aromatic carbocycles. The standard InChI is InChI=1S/C15H13ClN6OS/c1-22-14(10-4-7-17-8-5-10)20-21-15(22)24-9-12(23)19-11-3-2-6-18-13(11)16/h2-8H,9H2,1H3,(H,19,23). The molecule has 0 saturated carbocycles. The van der Waals surface area contributed by atoms with E-state index in [9.17, 15) is 4.79 Å². The van der Waals surface area contributed by atoms with Gasteiger partial charge in [0, 0.05) is 31.2 Å². The predicted octanol–water partition coefficient (Wildman–Crippen LogP) is 2.66. The van der Waals surface area contributed by atoms with Crippen molar-refractivity contribution in [2.45, 2.75) is 5.16 Å². The van der Waals surface area contributed by atoms with Gasteiger partial charge in [-0.3, -0.25) is 9.78 Å². The molecule has 0 aliphatic heterocycles. The fourth-order valence-corrected chi connectivity index (χ4v) is 2.87. The highest BCUT2D eigenvalue weighted by atomic mass is 35.5. The van der Waals surface area contributed by atoms with Crippen LogP contribution in [-0.2, 0) is 11.8 Å². The van der Waals surface area contributed by atoms with Crippen molar-refractivity contribution >= 4 is 35.0 Å². The minimum absolute atomic E-state index is 0.188. The quantitative estimate of drug-likeness (QED) is 0.556. The molecule has 3 aromatic rings. The smallest absolute Gasteiger partial charge is 0.234 e. The lowest BCUT2D eigenvalue weighted by molar-refractivity contribution is -0.113. The van der Waals surface area contributed by atoms with Crippen molar-refractivity contribution in [2.24, 2.45) is 7.05 Å². The summed E-state index contributed by atoms with van der Waals surface area (Å²) < 4.78 is 1.84. The Morgan fingerprint density at radius 2 is 2.04 bits per heavy atom. The van der Waals surface area contributed by atoms with Crippen molar-refractivity contribution in [3.8, 4) is 11.4 Å². The van der Waals surface area contributed by atoms with Crippen LogP contribution in [0.4, 0.5) is 5.69 Å². The Hall–Kier alpha value is -2.45. The number of aromatic nitrogens is 5. The monoisotopic (exact) mass is 360 g/mol. The minimum atomic E-state index is -0.191. The van der Waals surface area contributed by atoms with Crippen LogP contribution >= 0.6 is 23.4 Å². The average molecular weight is 361 g/mol. The Kier molecular flexibility index (Phi) is 5.07. The van der Waals surface area contributed by atoms with Crippen molar-refractivity contribution in [3.05, 3.63) is 48.0 Å². The van der Waals surface area contributed by atoms with Gasteiger partial charge in [-0.1, -0.05) is 23.4 Å². The number of carbonyl (C=O) groups excluding carboxylic acids is 1. The van der Waals surface area contributed by atoms with Crippen LogP contribution in [-0.4, -0.2) is 36.4 Å². The first-order chi connectivity index (χ1) is 11.6. The lowest BCUT2D eigenvalue weighted by Gasteiger charge is -2.06. The normalized spacial score (nSPS) is 10.6. The fourth-order valence-electron chi connectivity index (χ4n) is 1.99. The summed E-state index contributed by atoms with van der Waals surface area (Å²) in [6, 6.07) is 7.12. The molecule has 3 rings (SSSR count). The number of nitrogens with one attached hydrogen (secondary N) is 1. The highest BCUT2D eigenvalue weighted by Gasteiger charge is 2.13. The Balaban J connectivity index is 1.64. The number of amides is 1. The number of pyridine rings is 2. The molecule has 0 spiro atoms. The zero-order valence-corrected chi connectivity index (χ0v) is 14.3. The summed E-state index contributed by atoms with van der Waals surface area (Å²) >= 11 is 7.21. The van der Waals surface area contributed by atoms with E-state index in [2.05, 4.69) is 25.5 Å². The van der Waals surface area contributed by atoms with Crippen molar-refractivity contribution in [3.63, 3.8) is 0 Å². The number of hydrogen-bond donors (Lipinski definition) is 1. The van der Waals surface area contributed by atoms with Crippen molar-refractivity contribution in [1.82, 2.24) is 24.7 Å². The number of halogens is 1. The van der Waals surface area contributed by atoms with E-state index in [-0.39, 0.29) is 16.8 Å². The zero-order valence-electron chi connectivity index (χ0n) is 12.7. The molecule has 9 heteroatoms. The Labute approximate surface area is 147 Å². The van der Waals surface area contributed by atoms with Gasteiger partial charge in [-0.05, 0) is 24.3 Å². The molecule has 0 saturated heterocycles. The van der Waals surface area contributed by atoms with Gasteiger partial charge in [0.25, 0.3) is 0 Å². The van der Waals surface area contributed by atoms with E-state index in [1.165, 1.54) is 11.8 Å². The molecule has 122 valence electrons.